The summed E-state index contributed by atoms with van der Waals surface area (Å²) in [6.07, 6.45) is 9.58. The largest absolute Gasteiger partial charge is 0.502 e. The lowest BCUT2D eigenvalue weighted by atomic mass is 9.56. The van der Waals surface area contributed by atoms with Crippen LogP contribution in [0.4, 0.5) is 0 Å². The van der Waals surface area contributed by atoms with Crippen LogP contribution in [0, 0.1) is 17.8 Å². The number of thioether (sulfide) groups is 1. The van der Waals surface area contributed by atoms with E-state index in [9.17, 15) is 9.90 Å². The van der Waals surface area contributed by atoms with Crippen LogP contribution in [-0.4, -0.2) is 9.85 Å². The standard InChI is InChI=1S/C16H20O3S/c17-14-4-13(19-8-15(14)18)9-20-16-5-10-1-11(6-16)3-12(2-10)7-16/h4,8,10-12,18H,1-3,5-7,9H2. The van der Waals surface area contributed by atoms with Crippen LogP contribution >= 0.6 is 11.8 Å². The van der Waals surface area contributed by atoms with Gasteiger partial charge < -0.3 is 9.52 Å². The lowest BCUT2D eigenvalue weighted by Crippen LogP contribution is -2.48. The summed E-state index contributed by atoms with van der Waals surface area (Å²) in [4.78, 5) is 11.4. The molecule has 0 spiro atoms. The van der Waals surface area contributed by atoms with Crippen LogP contribution in [0.2, 0.25) is 0 Å². The van der Waals surface area contributed by atoms with Crippen molar-refractivity contribution in [2.45, 2.75) is 49.0 Å². The Kier molecular flexibility index (Phi) is 2.92. The molecule has 1 N–H and O–H groups in total. The minimum absolute atomic E-state index is 0.298. The SMILES string of the molecule is O=c1cc(CSC23CC4CC(CC(C4)C2)C3)occ1O. The molecule has 4 fully saturated rings. The van der Waals surface area contributed by atoms with Gasteiger partial charge in [-0.15, -0.1) is 11.8 Å². The van der Waals surface area contributed by atoms with Gasteiger partial charge in [0.1, 0.15) is 12.0 Å². The van der Waals surface area contributed by atoms with Gasteiger partial charge in [0.05, 0.1) is 5.75 Å². The van der Waals surface area contributed by atoms with E-state index in [-0.39, 0.29) is 11.2 Å². The van der Waals surface area contributed by atoms with Crippen LogP contribution in [0.5, 0.6) is 5.75 Å². The van der Waals surface area contributed by atoms with E-state index in [2.05, 4.69) is 0 Å². The highest BCUT2D eigenvalue weighted by molar-refractivity contribution is 7.99. The summed E-state index contributed by atoms with van der Waals surface area (Å²) < 4.78 is 5.77. The first-order valence-electron chi connectivity index (χ1n) is 7.56. The molecule has 20 heavy (non-hydrogen) atoms. The molecular formula is C16H20O3S. The zero-order valence-electron chi connectivity index (χ0n) is 11.5. The van der Waals surface area contributed by atoms with Crippen LogP contribution in [0.3, 0.4) is 0 Å². The molecular weight excluding hydrogens is 272 g/mol. The zero-order valence-corrected chi connectivity index (χ0v) is 12.3. The fourth-order valence-corrected chi connectivity index (χ4v) is 6.61. The second-order valence-electron chi connectivity index (χ2n) is 6.99. The van der Waals surface area contributed by atoms with E-state index in [4.69, 9.17) is 4.42 Å². The Labute approximate surface area is 122 Å². The first-order valence-corrected chi connectivity index (χ1v) is 8.55. The van der Waals surface area contributed by atoms with Gasteiger partial charge in [-0.3, -0.25) is 4.79 Å². The topological polar surface area (TPSA) is 50.4 Å². The number of rotatable bonds is 3. The Bertz CT molecular complexity index is 542. The van der Waals surface area contributed by atoms with Gasteiger partial charge in [-0.25, -0.2) is 0 Å². The van der Waals surface area contributed by atoms with E-state index in [1.54, 1.807) is 0 Å². The van der Waals surface area contributed by atoms with Gasteiger partial charge in [-0.2, -0.15) is 0 Å². The fraction of sp³-hybridized carbons (Fsp3) is 0.688. The van der Waals surface area contributed by atoms with Crippen LogP contribution in [0.1, 0.15) is 44.3 Å². The molecule has 0 atom stereocenters. The van der Waals surface area contributed by atoms with Crippen molar-refractivity contribution < 1.29 is 9.52 Å². The highest BCUT2D eigenvalue weighted by Gasteiger charge is 2.51. The van der Waals surface area contributed by atoms with Gasteiger partial charge in [0, 0.05) is 10.8 Å². The van der Waals surface area contributed by atoms with Crippen molar-refractivity contribution in [2.24, 2.45) is 17.8 Å². The van der Waals surface area contributed by atoms with Crippen molar-refractivity contribution in [3.63, 3.8) is 0 Å². The smallest absolute Gasteiger partial charge is 0.226 e. The minimum Gasteiger partial charge on any atom is -0.502 e. The number of hydrogen-bond donors (Lipinski definition) is 1. The summed E-state index contributed by atoms with van der Waals surface area (Å²) in [5, 5.41) is 9.23. The Morgan fingerprint density at radius 2 is 1.80 bits per heavy atom. The molecule has 4 bridgehead atoms. The van der Waals surface area contributed by atoms with E-state index >= 15 is 0 Å². The molecule has 0 amide bonds. The number of aromatic hydroxyl groups is 1. The van der Waals surface area contributed by atoms with Crippen molar-refractivity contribution in [1.29, 1.82) is 0 Å². The Balaban J connectivity index is 1.49. The molecule has 1 heterocycles. The Morgan fingerprint density at radius 3 is 2.35 bits per heavy atom. The first-order chi connectivity index (χ1) is 9.62. The van der Waals surface area contributed by atoms with E-state index in [1.165, 1.54) is 44.6 Å². The fourth-order valence-electron chi connectivity index (χ4n) is 4.95. The summed E-state index contributed by atoms with van der Waals surface area (Å²) in [7, 11) is 0. The molecule has 4 saturated carbocycles. The molecule has 0 radical (unpaired) electrons. The van der Waals surface area contributed by atoms with Gasteiger partial charge in [-0.05, 0) is 56.3 Å². The average Bonchev–Trinajstić information content (AvgIpc) is 2.39. The molecule has 5 rings (SSSR count). The summed E-state index contributed by atoms with van der Waals surface area (Å²) in [5.41, 5.74) is -0.336. The van der Waals surface area contributed by atoms with Gasteiger partial charge in [0.2, 0.25) is 5.43 Å². The molecule has 0 saturated heterocycles. The third-order valence-corrected chi connectivity index (χ3v) is 6.91. The molecule has 0 aliphatic heterocycles. The molecule has 4 heteroatoms. The average molecular weight is 292 g/mol. The van der Waals surface area contributed by atoms with E-state index in [0.29, 0.717) is 10.5 Å². The quantitative estimate of drug-likeness (QED) is 0.925. The van der Waals surface area contributed by atoms with Gasteiger partial charge in [0.25, 0.3) is 0 Å². The maximum absolute atomic E-state index is 11.4. The lowest BCUT2D eigenvalue weighted by molar-refractivity contribution is 0.0382. The van der Waals surface area contributed by atoms with Crippen molar-refractivity contribution in [3.8, 4) is 5.75 Å². The first kappa shape index (κ1) is 12.8. The molecule has 1 aromatic rings. The van der Waals surface area contributed by atoms with E-state index < -0.39 is 0 Å². The zero-order chi connectivity index (χ0) is 13.7. The second kappa shape index (κ2) is 4.55. The number of hydrogen-bond acceptors (Lipinski definition) is 4. The molecule has 4 aliphatic carbocycles. The second-order valence-corrected chi connectivity index (χ2v) is 8.43. The molecule has 0 unspecified atom stereocenters. The molecule has 108 valence electrons. The normalized spacial score (nSPS) is 38.3. The van der Waals surface area contributed by atoms with Crippen LogP contribution in [-0.2, 0) is 5.75 Å². The highest BCUT2D eigenvalue weighted by Crippen LogP contribution is 2.60. The van der Waals surface area contributed by atoms with Gasteiger partial charge >= 0.3 is 0 Å². The summed E-state index contributed by atoms with van der Waals surface area (Å²) in [6.45, 7) is 0. The lowest BCUT2D eigenvalue weighted by Gasteiger charge is -2.56. The van der Waals surface area contributed by atoms with Crippen molar-refractivity contribution >= 4 is 11.8 Å². The van der Waals surface area contributed by atoms with Crippen LogP contribution < -0.4 is 5.43 Å². The molecule has 3 nitrogen and oxygen atoms in total. The summed E-state index contributed by atoms with van der Waals surface area (Å²) >= 11 is 1.99. The van der Waals surface area contributed by atoms with E-state index in [1.807, 2.05) is 11.8 Å². The molecule has 4 aliphatic rings. The Morgan fingerprint density at radius 1 is 1.20 bits per heavy atom. The third kappa shape index (κ3) is 2.18. The predicted octanol–water partition coefficient (Wildman–Crippen LogP) is 3.55. The maximum Gasteiger partial charge on any atom is 0.226 e. The van der Waals surface area contributed by atoms with Gasteiger partial charge in [-0.1, -0.05) is 0 Å². The van der Waals surface area contributed by atoms with Crippen molar-refractivity contribution in [1.82, 2.24) is 0 Å². The minimum atomic E-state index is -0.336. The van der Waals surface area contributed by atoms with Crippen LogP contribution in [0.15, 0.2) is 21.5 Å². The third-order valence-electron chi connectivity index (χ3n) is 5.37. The molecule has 0 aromatic carbocycles. The maximum atomic E-state index is 11.4. The van der Waals surface area contributed by atoms with Crippen LogP contribution in [0.25, 0.3) is 0 Å². The van der Waals surface area contributed by atoms with Crippen molar-refractivity contribution in [3.05, 3.63) is 28.3 Å². The van der Waals surface area contributed by atoms with Gasteiger partial charge in [0.15, 0.2) is 5.75 Å². The highest BCUT2D eigenvalue weighted by atomic mass is 32.2. The van der Waals surface area contributed by atoms with E-state index in [0.717, 1.165) is 29.8 Å². The Hall–Kier alpha value is -0.900. The summed E-state index contributed by atoms with van der Waals surface area (Å²) in [5.74, 6) is 3.98. The molecule has 1 aromatic heterocycles. The van der Waals surface area contributed by atoms with Crippen molar-refractivity contribution in [2.75, 3.05) is 0 Å². The summed E-state index contributed by atoms with van der Waals surface area (Å²) in [6, 6.07) is 1.43. The predicted molar refractivity (Wildman–Crippen MR) is 78.8 cm³/mol. The monoisotopic (exact) mass is 292 g/mol.